The van der Waals surface area contributed by atoms with Crippen molar-refractivity contribution in [3.05, 3.63) is 104 Å². The predicted octanol–water partition coefficient (Wildman–Crippen LogP) is 3.73. The van der Waals surface area contributed by atoms with Crippen molar-refractivity contribution in [2.24, 2.45) is 14.1 Å². The molecule has 2 aromatic carbocycles. The van der Waals surface area contributed by atoms with E-state index < -0.39 is 17.6 Å². The van der Waals surface area contributed by atoms with Gasteiger partial charge in [-0.15, -0.1) is 0 Å². The number of aromatic nitrogens is 3. The third kappa shape index (κ3) is 7.41. The summed E-state index contributed by atoms with van der Waals surface area (Å²) in [5, 5.41) is 23.1. The molecule has 1 fully saturated rings. The van der Waals surface area contributed by atoms with Crippen LogP contribution in [-0.4, -0.2) is 84.2 Å². The number of β-amino-alcohol motifs (C(OH)–C–C–N with tert-alkyl or cyclic N) is 2. The molecule has 49 heavy (non-hydrogen) atoms. The van der Waals surface area contributed by atoms with E-state index in [9.17, 15) is 24.6 Å². The standard InChI is InChI=1S/C37H43ClN6O5/c1-22(45)17-43-14-12-32-31(21-43)39-35(42(32)4)33(47)16-25-7-5-9-28(34(25)38)27-8-6-10-30(23(27)2)40-36(48)29-15-24(18-41(3)37(29)49)19-44-13-11-26(46)20-44/h5-10,15,18,22,26,45-46H,11-14,16-17,19-21H2,1-4H3,(H,40,48)/t22-,26+/m0/s1. The Labute approximate surface area is 290 Å². The zero-order chi connectivity index (χ0) is 35.0. The van der Waals surface area contributed by atoms with Crippen molar-refractivity contribution in [2.75, 3.05) is 31.5 Å². The van der Waals surface area contributed by atoms with Crippen molar-refractivity contribution < 1.29 is 19.8 Å². The van der Waals surface area contributed by atoms with E-state index in [2.05, 4.69) is 15.1 Å². The molecule has 1 saturated heterocycles. The van der Waals surface area contributed by atoms with Crippen molar-refractivity contribution in [1.29, 1.82) is 0 Å². The lowest BCUT2D eigenvalue weighted by Crippen LogP contribution is -2.36. The number of amides is 1. The molecule has 0 unspecified atom stereocenters. The second kappa shape index (κ2) is 14.4. The number of carbonyl (C=O) groups is 2. The number of benzene rings is 2. The Balaban J connectivity index is 1.21. The second-order valence-electron chi connectivity index (χ2n) is 13.4. The number of nitrogens with zero attached hydrogens (tertiary/aromatic N) is 5. The number of aliphatic hydroxyl groups is 2. The van der Waals surface area contributed by atoms with Gasteiger partial charge in [-0.2, -0.15) is 0 Å². The van der Waals surface area contributed by atoms with Crippen LogP contribution in [0.2, 0.25) is 5.02 Å². The molecule has 4 heterocycles. The average molecular weight is 687 g/mol. The summed E-state index contributed by atoms with van der Waals surface area (Å²) in [6, 6.07) is 12.7. The number of ketones is 1. The summed E-state index contributed by atoms with van der Waals surface area (Å²) in [6.07, 6.45) is 2.46. The van der Waals surface area contributed by atoms with Gasteiger partial charge < -0.3 is 24.7 Å². The second-order valence-corrected chi connectivity index (χ2v) is 13.8. The number of likely N-dealkylation sites (tertiary alicyclic amines) is 1. The lowest BCUT2D eigenvalue weighted by molar-refractivity contribution is 0.0978. The van der Waals surface area contributed by atoms with E-state index in [1.165, 1.54) is 4.57 Å². The van der Waals surface area contributed by atoms with Crippen LogP contribution in [0.3, 0.4) is 0 Å². The maximum atomic E-state index is 13.6. The van der Waals surface area contributed by atoms with Gasteiger partial charge >= 0.3 is 0 Å². The van der Waals surface area contributed by atoms with Gasteiger partial charge in [0.2, 0.25) is 5.78 Å². The van der Waals surface area contributed by atoms with Crippen molar-refractivity contribution in [3.63, 3.8) is 0 Å². The molecule has 11 nitrogen and oxygen atoms in total. The molecule has 3 N–H and O–H groups in total. The number of aliphatic hydroxyl groups excluding tert-OH is 2. The highest BCUT2D eigenvalue weighted by Gasteiger charge is 2.27. The number of imidazole rings is 1. The van der Waals surface area contributed by atoms with Crippen molar-refractivity contribution in [2.45, 2.75) is 58.4 Å². The van der Waals surface area contributed by atoms with Gasteiger partial charge in [-0.05, 0) is 54.7 Å². The molecule has 2 aromatic heterocycles. The van der Waals surface area contributed by atoms with E-state index in [-0.39, 0.29) is 23.9 Å². The maximum Gasteiger partial charge on any atom is 0.263 e. The Morgan fingerprint density at radius 3 is 2.59 bits per heavy atom. The number of carbonyl (C=O) groups excluding carboxylic acids is 2. The highest BCUT2D eigenvalue weighted by Crippen LogP contribution is 2.36. The van der Waals surface area contributed by atoms with Crippen LogP contribution in [0.4, 0.5) is 5.69 Å². The molecule has 258 valence electrons. The predicted molar refractivity (Wildman–Crippen MR) is 189 cm³/mol. The van der Waals surface area contributed by atoms with Crippen LogP contribution in [0.5, 0.6) is 0 Å². The molecule has 0 radical (unpaired) electrons. The molecule has 12 heteroatoms. The molecule has 6 rings (SSSR count). The van der Waals surface area contributed by atoms with Crippen LogP contribution in [0.25, 0.3) is 11.1 Å². The number of fused-ring (bicyclic) bond motifs is 1. The Hall–Kier alpha value is -4.13. The van der Waals surface area contributed by atoms with E-state index >= 15 is 0 Å². The SMILES string of the molecule is Cc1c(NC(=O)c2cc(CN3CC[C@@H](O)C3)cn(C)c2=O)cccc1-c1cccc(CC(=O)c2nc3c(n2C)CCN(C[C@H](C)O)C3)c1Cl. The molecule has 2 atom stereocenters. The summed E-state index contributed by atoms with van der Waals surface area (Å²) in [5.74, 6) is -0.263. The summed E-state index contributed by atoms with van der Waals surface area (Å²) in [5.41, 5.74) is 5.83. The minimum atomic E-state index is -0.513. The van der Waals surface area contributed by atoms with Gasteiger partial charge in [0.25, 0.3) is 11.5 Å². The first-order valence-corrected chi connectivity index (χ1v) is 17.0. The van der Waals surface area contributed by atoms with Crippen LogP contribution in [0.1, 0.15) is 62.4 Å². The van der Waals surface area contributed by atoms with E-state index in [1.54, 1.807) is 32.3 Å². The number of Topliss-reactive ketones (excluding diaryl/α,β-unsaturated/α-hetero) is 1. The minimum absolute atomic E-state index is 0.0368. The molecule has 2 aliphatic heterocycles. The van der Waals surface area contributed by atoms with E-state index in [0.29, 0.717) is 54.7 Å². The lowest BCUT2D eigenvalue weighted by atomic mass is 9.96. The average Bonchev–Trinajstić information content (AvgIpc) is 3.62. The van der Waals surface area contributed by atoms with Gasteiger partial charge in [0.15, 0.2) is 5.82 Å². The smallest absolute Gasteiger partial charge is 0.263 e. The summed E-state index contributed by atoms with van der Waals surface area (Å²) < 4.78 is 3.30. The first kappa shape index (κ1) is 34.7. The third-order valence-electron chi connectivity index (χ3n) is 9.55. The molecule has 2 aliphatic rings. The van der Waals surface area contributed by atoms with Crippen LogP contribution >= 0.6 is 11.6 Å². The number of halogens is 1. The quantitative estimate of drug-likeness (QED) is 0.215. The third-order valence-corrected chi connectivity index (χ3v) is 9.99. The van der Waals surface area contributed by atoms with Gasteiger partial charge in [0.05, 0.1) is 22.9 Å². The Morgan fingerprint density at radius 1 is 1.10 bits per heavy atom. The van der Waals surface area contributed by atoms with Crippen LogP contribution in [-0.2, 0) is 40.0 Å². The molecule has 0 spiro atoms. The van der Waals surface area contributed by atoms with Crippen molar-refractivity contribution in [1.82, 2.24) is 23.9 Å². The van der Waals surface area contributed by atoms with Crippen LogP contribution < -0.4 is 10.9 Å². The molecule has 1 amide bonds. The summed E-state index contributed by atoms with van der Waals surface area (Å²) in [7, 11) is 3.50. The van der Waals surface area contributed by atoms with Crippen molar-refractivity contribution in [3.8, 4) is 11.1 Å². The normalized spacial score (nSPS) is 17.2. The largest absolute Gasteiger partial charge is 0.392 e. The molecular formula is C37H43ClN6O5. The van der Waals surface area contributed by atoms with E-state index in [0.717, 1.165) is 53.2 Å². The fourth-order valence-electron chi connectivity index (χ4n) is 7.03. The van der Waals surface area contributed by atoms with Crippen LogP contribution in [0, 0.1) is 6.92 Å². The van der Waals surface area contributed by atoms with Gasteiger partial charge in [-0.1, -0.05) is 41.9 Å². The van der Waals surface area contributed by atoms with Gasteiger partial charge in [0.1, 0.15) is 5.56 Å². The number of aryl methyl sites for hydroxylation is 1. The number of hydrogen-bond donors (Lipinski definition) is 3. The van der Waals surface area contributed by atoms with E-state index in [4.69, 9.17) is 16.6 Å². The number of rotatable bonds is 10. The summed E-state index contributed by atoms with van der Waals surface area (Å²) >= 11 is 6.98. The summed E-state index contributed by atoms with van der Waals surface area (Å²) in [4.78, 5) is 49.1. The minimum Gasteiger partial charge on any atom is -0.392 e. The Morgan fingerprint density at radius 2 is 1.86 bits per heavy atom. The summed E-state index contributed by atoms with van der Waals surface area (Å²) in [6.45, 7) is 7.44. The monoisotopic (exact) mass is 686 g/mol. The zero-order valence-electron chi connectivity index (χ0n) is 28.4. The number of pyridine rings is 1. The highest BCUT2D eigenvalue weighted by molar-refractivity contribution is 6.34. The molecule has 4 aromatic rings. The molecule has 0 aliphatic carbocycles. The maximum absolute atomic E-state index is 13.6. The lowest BCUT2D eigenvalue weighted by Gasteiger charge is -2.27. The number of hydrogen-bond acceptors (Lipinski definition) is 8. The van der Waals surface area contributed by atoms with Gasteiger partial charge in [0, 0.05) is 89.3 Å². The zero-order valence-corrected chi connectivity index (χ0v) is 29.1. The van der Waals surface area contributed by atoms with Gasteiger partial charge in [-0.25, -0.2) is 4.98 Å². The first-order valence-electron chi connectivity index (χ1n) is 16.7. The van der Waals surface area contributed by atoms with Crippen LogP contribution in [0.15, 0.2) is 53.5 Å². The van der Waals surface area contributed by atoms with Gasteiger partial charge in [-0.3, -0.25) is 24.2 Å². The molecule has 0 saturated carbocycles. The Bertz CT molecular complexity index is 1970. The highest BCUT2D eigenvalue weighted by atomic mass is 35.5. The number of nitrogens with one attached hydrogen (secondary N) is 1. The van der Waals surface area contributed by atoms with Crippen molar-refractivity contribution >= 4 is 29.0 Å². The first-order chi connectivity index (χ1) is 23.4. The van der Waals surface area contributed by atoms with E-state index in [1.807, 2.05) is 48.9 Å². The number of anilines is 1. The fourth-order valence-corrected chi connectivity index (χ4v) is 7.33. The topological polar surface area (TPSA) is 133 Å². The molecule has 0 bridgehead atoms. The fraction of sp³-hybridized carbons (Fsp3) is 0.405. The molecular weight excluding hydrogens is 644 g/mol. The Kier molecular flexibility index (Phi) is 10.2.